The Kier molecular flexibility index (Phi) is 4.32. The number of rotatable bonds is 4. The third-order valence-corrected chi connectivity index (χ3v) is 4.70. The molecule has 0 aliphatic carbocycles. The van der Waals surface area contributed by atoms with E-state index in [4.69, 9.17) is 18.8 Å². The third kappa shape index (κ3) is 3.14. The molecule has 0 aromatic heterocycles. The Bertz CT molecular complexity index is 694. The maximum absolute atomic E-state index is 6.06. The summed E-state index contributed by atoms with van der Waals surface area (Å²) in [5, 5.41) is 0. The van der Waals surface area contributed by atoms with Gasteiger partial charge in [0.2, 0.25) is 0 Å². The van der Waals surface area contributed by atoms with Crippen molar-refractivity contribution in [2.45, 2.75) is 38.9 Å². The maximum Gasteiger partial charge on any atom is 0.494 e. The van der Waals surface area contributed by atoms with Gasteiger partial charge in [-0.2, -0.15) is 0 Å². The molecule has 0 spiro atoms. The molecule has 2 aromatic rings. The van der Waals surface area contributed by atoms with E-state index < -0.39 is 0 Å². The van der Waals surface area contributed by atoms with Crippen molar-refractivity contribution >= 4 is 12.6 Å². The van der Waals surface area contributed by atoms with Crippen LogP contribution in [0.5, 0.6) is 17.2 Å². The van der Waals surface area contributed by atoms with Crippen molar-refractivity contribution in [3.05, 3.63) is 48.5 Å². The second-order valence-corrected chi connectivity index (χ2v) is 6.91. The standard InChI is InChI=1S/C19H23BO4/c1-18(2)19(3,4)24-20(23-18)14-10-12-15(13-11-14)22-17-9-7-6-8-16(17)21-5/h6-13H,1-5H3. The molecule has 0 N–H and O–H groups in total. The monoisotopic (exact) mass is 326 g/mol. The van der Waals surface area contributed by atoms with E-state index in [-0.39, 0.29) is 18.3 Å². The lowest BCUT2D eigenvalue weighted by Crippen LogP contribution is -2.41. The van der Waals surface area contributed by atoms with Gasteiger partial charge in [-0.25, -0.2) is 0 Å². The van der Waals surface area contributed by atoms with Gasteiger partial charge in [0, 0.05) is 0 Å². The fraction of sp³-hybridized carbons (Fsp3) is 0.368. The van der Waals surface area contributed by atoms with E-state index in [1.54, 1.807) is 7.11 Å². The van der Waals surface area contributed by atoms with Gasteiger partial charge in [-0.05, 0) is 57.4 Å². The molecule has 3 rings (SSSR count). The molecule has 0 unspecified atom stereocenters. The Morgan fingerprint density at radius 2 is 1.33 bits per heavy atom. The van der Waals surface area contributed by atoms with Crippen molar-refractivity contribution in [3.8, 4) is 17.2 Å². The van der Waals surface area contributed by atoms with Crippen LogP contribution in [0.15, 0.2) is 48.5 Å². The minimum atomic E-state index is -0.365. The van der Waals surface area contributed by atoms with Crippen LogP contribution in [0.1, 0.15) is 27.7 Å². The zero-order chi connectivity index (χ0) is 17.4. The third-order valence-electron chi connectivity index (χ3n) is 4.70. The first-order valence-electron chi connectivity index (χ1n) is 8.09. The molecule has 126 valence electrons. The zero-order valence-corrected chi connectivity index (χ0v) is 14.8. The molecule has 0 amide bonds. The molecule has 1 saturated heterocycles. The van der Waals surface area contributed by atoms with E-state index in [1.165, 1.54) is 0 Å². The first kappa shape index (κ1) is 16.9. The second-order valence-electron chi connectivity index (χ2n) is 6.91. The summed E-state index contributed by atoms with van der Waals surface area (Å²) in [5.41, 5.74) is 0.287. The summed E-state index contributed by atoms with van der Waals surface area (Å²) in [6.07, 6.45) is 0. The topological polar surface area (TPSA) is 36.9 Å². The average molecular weight is 326 g/mol. The van der Waals surface area contributed by atoms with Crippen LogP contribution in [0.3, 0.4) is 0 Å². The summed E-state index contributed by atoms with van der Waals surface area (Å²) in [4.78, 5) is 0. The van der Waals surface area contributed by atoms with E-state index >= 15 is 0 Å². The summed E-state index contributed by atoms with van der Waals surface area (Å²) >= 11 is 0. The molecule has 1 heterocycles. The van der Waals surface area contributed by atoms with Gasteiger partial charge in [0.1, 0.15) is 5.75 Å². The van der Waals surface area contributed by atoms with Crippen molar-refractivity contribution in [2.24, 2.45) is 0 Å². The van der Waals surface area contributed by atoms with Crippen LogP contribution >= 0.6 is 0 Å². The molecule has 0 saturated carbocycles. The minimum absolute atomic E-state index is 0.343. The highest BCUT2D eigenvalue weighted by molar-refractivity contribution is 6.62. The normalized spacial score (nSPS) is 18.5. The molecule has 1 fully saturated rings. The van der Waals surface area contributed by atoms with Gasteiger partial charge >= 0.3 is 7.12 Å². The number of benzene rings is 2. The van der Waals surface area contributed by atoms with Crippen molar-refractivity contribution in [2.75, 3.05) is 7.11 Å². The fourth-order valence-electron chi connectivity index (χ4n) is 2.50. The largest absolute Gasteiger partial charge is 0.494 e. The van der Waals surface area contributed by atoms with E-state index in [9.17, 15) is 0 Å². The number of hydrogen-bond donors (Lipinski definition) is 0. The first-order chi connectivity index (χ1) is 11.3. The number of methoxy groups -OCH3 is 1. The smallest absolute Gasteiger partial charge is 0.493 e. The average Bonchev–Trinajstić information content (AvgIpc) is 2.77. The van der Waals surface area contributed by atoms with Gasteiger partial charge in [0.25, 0.3) is 0 Å². The predicted octanol–water partition coefficient (Wildman–Crippen LogP) is 3.79. The molecular weight excluding hydrogens is 303 g/mol. The van der Waals surface area contributed by atoms with Crippen LogP contribution in [-0.2, 0) is 9.31 Å². The molecule has 24 heavy (non-hydrogen) atoms. The van der Waals surface area contributed by atoms with E-state index in [0.29, 0.717) is 11.5 Å². The van der Waals surface area contributed by atoms with Crippen LogP contribution in [-0.4, -0.2) is 25.4 Å². The van der Waals surface area contributed by atoms with Gasteiger partial charge in [-0.1, -0.05) is 24.3 Å². The maximum atomic E-state index is 6.06. The number of hydrogen-bond acceptors (Lipinski definition) is 4. The van der Waals surface area contributed by atoms with Crippen molar-refractivity contribution < 1.29 is 18.8 Å². The molecule has 0 bridgehead atoms. The van der Waals surface area contributed by atoms with E-state index in [2.05, 4.69) is 0 Å². The Labute approximate surface area is 143 Å². The highest BCUT2D eigenvalue weighted by Gasteiger charge is 2.51. The van der Waals surface area contributed by atoms with Crippen LogP contribution < -0.4 is 14.9 Å². The Morgan fingerprint density at radius 3 is 1.88 bits per heavy atom. The second kappa shape index (κ2) is 6.15. The van der Waals surface area contributed by atoms with Crippen LogP contribution in [0, 0.1) is 0 Å². The molecule has 5 heteroatoms. The number of para-hydroxylation sites is 2. The Morgan fingerprint density at radius 1 is 0.792 bits per heavy atom. The van der Waals surface area contributed by atoms with E-state index in [1.807, 2.05) is 76.2 Å². The lowest BCUT2D eigenvalue weighted by atomic mass is 9.79. The van der Waals surface area contributed by atoms with Crippen LogP contribution in [0.25, 0.3) is 0 Å². The SMILES string of the molecule is COc1ccccc1Oc1ccc(B2OC(C)(C)C(C)(C)O2)cc1. The molecule has 1 aliphatic rings. The molecule has 0 atom stereocenters. The molecule has 1 aliphatic heterocycles. The summed E-state index contributed by atoms with van der Waals surface area (Å²) < 4.78 is 23.3. The molecule has 2 aromatic carbocycles. The molecule has 4 nitrogen and oxygen atoms in total. The van der Waals surface area contributed by atoms with E-state index in [0.717, 1.165) is 11.2 Å². The predicted molar refractivity (Wildman–Crippen MR) is 95.2 cm³/mol. The summed E-state index contributed by atoms with van der Waals surface area (Å²) in [7, 11) is 1.26. The quantitative estimate of drug-likeness (QED) is 0.801. The van der Waals surface area contributed by atoms with Gasteiger partial charge in [0.05, 0.1) is 18.3 Å². The van der Waals surface area contributed by atoms with Crippen molar-refractivity contribution in [3.63, 3.8) is 0 Å². The van der Waals surface area contributed by atoms with Crippen molar-refractivity contribution in [1.82, 2.24) is 0 Å². The van der Waals surface area contributed by atoms with Gasteiger partial charge in [-0.3, -0.25) is 0 Å². The Hall–Kier alpha value is -1.98. The van der Waals surface area contributed by atoms with Gasteiger partial charge < -0.3 is 18.8 Å². The zero-order valence-electron chi connectivity index (χ0n) is 14.8. The Balaban J connectivity index is 1.75. The summed E-state index contributed by atoms with van der Waals surface area (Å²) in [6, 6.07) is 15.3. The highest BCUT2D eigenvalue weighted by Crippen LogP contribution is 2.36. The summed E-state index contributed by atoms with van der Waals surface area (Å²) in [6.45, 7) is 8.19. The molecule has 0 radical (unpaired) electrons. The highest BCUT2D eigenvalue weighted by atomic mass is 16.7. The summed E-state index contributed by atoms with van der Waals surface area (Å²) in [5.74, 6) is 2.12. The van der Waals surface area contributed by atoms with Gasteiger partial charge in [-0.15, -0.1) is 0 Å². The minimum Gasteiger partial charge on any atom is -0.493 e. The van der Waals surface area contributed by atoms with Gasteiger partial charge in [0.15, 0.2) is 11.5 Å². The fourth-order valence-corrected chi connectivity index (χ4v) is 2.50. The van der Waals surface area contributed by atoms with Crippen molar-refractivity contribution in [1.29, 1.82) is 0 Å². The number of ether oxygens (including phenoxy) is 2. The molecular formula is C19H23BO4. The van der Waals surface area contributed by atoms with Crippen LogP contribution in [0.4, 0.5) is 0 Å². The lowest BCUT2D eigenvalue weighted by Gasteiger charge is -2.32. The lowest BCUT2D eigenvalue weighted by molar-refractivity contribution is 0.00578. The van der Waals surface area contributed by atoms with Crippen LogP contribution in [0.2, 0.25) is 0 Å². The first-order valence-corrected chi connectivity index (χ1v) is 8.09.